The third kappa shape index (κ3) is 4.75. The molecule has 1 amide bonds. The molecule has 1 aromatic heterocycles. The van der Waals surface area contributed by atoms with E-state index >= 15 is 0 Å². The van der Waals surface area contributed by atoms with Gasteiger partial charge in [0.2, 0.25) is 5.91 Å². The minimum Gasteiger partial charge on any atom is -0.325 e. The number of thioether (sulfide) groups is 2. The van der Waals surface area contributed by atoms with E-state index in [9.17, 15) is 10.1 Å². The Labute approximate surface area is 144 Å². The summed E-state index contributed by atoms with van der Waals surface area (Å²) >= 11 is 2.91. The van der Waals surface area contributed by atoms with Gasteiger partial charge in [0.05, 0.1) is 11.3 Å². The van der Waals surface area contributed by atoms with Crippen LogP contribution >= 0.6 is 23.5 Å². The number of aryl methyl sites for hydroxylation is 2. The molecule has 0 saturated carbocycles. The van der Waals surface area contributed by atoms with Crippen molar-refractivity contribution in [2.75, 3.05) is 17.3 Å². The summed E-state index contributed by atoms with van der Waals surface area (Å²) in [7, 11) is 0. The zero-order valence-electron chi connectivity index (χ0n) is 13.2. The van der Waals surface area contributed by atoms with Gasteiger partial charge in [-0.25, -0.2) is 4.98 Å². The first kappa shape index (κ1) is 17.4. The molecule has 1 N–H and O–H groups in total. The highest BCUT2D eigenvalue weighted by atomic mass is 32.2. The number of aromatic nitrogens is 1. The van der Waals surface area contributed by atoms with Crippen molar-refractivity contribution >= 4 is 35.1 Å². The molecule has 0 aliphatic carbocycles. The van der Waals surface area contributed by atoms with E-state index < -0.39 is 0 Å². The van der Waals surface area contributed by atoms with Crippen LogP contribution in [0.2, 0.25) is 0 Å². The fourth-order valence-corrected chi connectivity index (χ4v) is 3.43. The number of hydrogen-bond acceptors (Lipinski definition) is 5. The lowest BCUT2D eigenvalue weighted by atomic mass is 10.1. The molecule has 2 aromatic rings. The zero-order valence-corrected chi connectivity index (χ0v) is 14.8. The number of nitrogens with one attached hydrogen (secondary N) is 1. The monoisotopic (exact) mass is 343 g/mol. The maximum Gasteiger partial charge on any atom is 0.234 e. The van der Waals surface area contributed by atoms with Gasteiger partial charge < -0.3 is 5.32 Å². The summed E-state index contributed by atoms with van der Waals surface area (Å²) in [6.07, 6.45) is 1.99. The number of nitrogens with zero attached hydrogens (tertiary/aromatic N) is 2. The minimum absolute atomic E-state index is 0.113. The molecule has 0 fully saturated rings. The second kappa shape index (κ2) is 8.04. The average Bonchev–Trinajstić information content (AvgIpc) is 2.52. The molecule has 1 heterocycles. The largest absolute Gasteiger partial charge is 0.325 e. The lowest BCUT2D eigenvalue weighted by Gasteiger charge is -2.08. The summed E-state index contributed by atoms with van der Waals surface area (Å²) in [6.45, 7) is 3.76. The first-order valence-corrected chi connectivity index (χ1v) is 9.19. The number of carbonyl (C=O) groups excluding carboxylic acids is 1. The molecule has 0 unspecified atom stereocenters. The highest BCUT2D eigenvalue weighted by Gasteiger charge is 2.11. The van der Waals surface area contributed by atoms with Crippen molar-refractivity contribution in [3.63, 3.8) is 0 Å². The number of carbonyl (C=O) groups is 1. The fraction of sp³-hybridized carbons (Fsp3) is 0.235. The summed E-state index contributed by atoms with van der Waals surface area (Å²) < 4.78 is 0. The molecule has 23 heavy (non-hydrogen) atoms. The van der Waals surface area contributed by atoms with Gasteiger partial charge in [0.25, 0.3) is 0 Å². The van der Waals surface area contributed by atoms with Crippen LogP contribution in [0.15, 0.2) is 40.3 Å². The van der Waals surface area contributed by atoms with Crippen molar-refractivity contribution in [2.45, 2.75) is 23.8 Å². The molecule has 118 valence electrons. The molecule has 0 aliphatic heterocycles. The van der Waals surface area contributed by atoms with Crippen molar-refractivity contribution in [3.8, 4) is 6.07 Å². The van der Waals surface area contributed by atoms with Crippen molar-refractivity contribution in [3.05, 3.63) is 47.2 Å². The van der Waals surface area contributed by atoms with E-state index in [1.54, 1.807) is 11.8 Å². The highest BCUT2D eigenvalue weighted by Crippen LogP contribution is 2.24. The Bertz CT molecular complexity index is 769. The van der Waals surface area contributed by atoms with Gasteiger partial charge in [-0.1, -0.05) is 17.8 Å². The zero-order chi connectivity index (χ0) is 16.8. The summed E-state index contributed by atoms with van der Waals surface area (Å²) in [6, 6.07) is 11.7. The Kier molecular flexibility index (Phi) is 6.08. The van der Waals surface area contributed by atoms with Crippen molar-refractivity contribution in [2.24, 2.45) is 0 Å². The molecule has 6 heteroatoms. The number of rotatable bonds is 5. The van der Waals surface area contributed by atoms with Crippen LogP contribution in [-0.4, -0.2) is 22.9 Å². The van der Waals surface area contributed by atoms with Crippen LogP contribution in [0.1, 0.15) is 16.8 Å². The second-order valence-electron chi connectivity index (χ2n) is 4.94. The van der Waals surface area contributed by atoms with Crippen LogP contribution in [0.3, 0.4) is 0 Å². The summed E-state index contributed by atoms with van der Waals surface area (Å²) in [5.41, 5.74) is 3.04. The number of pyridine rings is 1. The Morgan fingerprint density at radius 1 is 1.35 bits per heavy atom. The maximum absolute atomic E-state index is 12.1. The van der Waals surface area contributed by atoms with Gasteiger partial charge in [-0.2, -0.15) is 5.26 Å². The van der Waals surface area contributed by atoms with Crippen LogP contribution in [0.4, 0.5) is 5.69 Å². The van der Waals surface area contributed by atoms with Gasteiger partial charge in [-0.15, -0.1) is 11.8 Å². The van der Waals surface area contributed by atoms with Gasteiger partial charge in [-0.05, 0) is 49.9 Å². The lowest BCUT2D eigenvalue weighted by molar-refractivity contribution is -0.113. The predicted octanol–water partition coefficient (Wildman–Crippen LogP) is 4.02. The van der Waals surface area contributed by atoms with Gasteiger partial charge in [0.15, 0.2) is 0 Å². The fourth-order valence-electron chi connectivity index (χ4n) is 2.07. The van der Waals surface area contributed by atoms with Gasteiger partial charge in [0, 0.05) is 16.3 Å². The average molecular weight is 343 g/mol. The predicted molar refractivity (Wildman–Crippen MR) is 96.0 cm³/mol. The molecule has 0 radical (unpaired) electrons. The first-order chi connectivity index (χ1) is 11.0. The summed E-state index contributed by atoms with van der Waals surface area (Å²) in [5.74, 6) is 0.103. The first-order valence-electron chi connectivity index (χ1n) is 6.98. The van der Waals surface area contributed by atoms with Gasteiger partial charge in [0.1, 0.15) is 11.1 Å². The molecule has 0 atom stereocenters. The van der Waals surface area contributed by atoms with Gasteiger partial charge >= 0.3 is 0 Å². The molecule has 0 spiro atoms. The number of benzene rings is 1. The van der Waals surface area contributed by atoms with Crippen LogP contribution in [-0.2, 0) is 4.79 Å². The van der Waals surface area contributed by atoms with Crippen LogP contribution in [0.5, 0.6) is 0 Å². The number of hydrogen-bond donors (Lipinski definition) is 1. The Morgan fingerprint density at radius 3 is 2.83 bits per heavy atom. The molecule has 4 nitrogen and oxygen atoms in total. The maximum atomic E-state index is 12.1. The Balaban J connectivity index is 2.03. The lowest BCUT2D eigenvalue weighted by Crippen LogP contribution is -2.14. The molecule has 1 aromatic carbocycles. The Morgan fingerprint density at radius 2 is 2.13 bits per heavy atom. The van der Waals surface area contributed by atoms with E-state index in [4.69, 9.17) is 0 Å². The standard InChI is InChI=1S/C17H17N3OS2/c1-11-7-12(2)19-17(15(11)9-18)23-10-16(21)20-13-5-4-6-14(8-13)22-3/h4-8H,10H2,1-3H3,(H,20,21). The SMILES string of the molecule is CSc1cccc(NC(=O)CSc2nc(C)cc(C)c2C#N)c1. The van der Waals surface area contributed by atoms with Crippen LogP contribution in [0, 0.1) is 25.2 Å². The van der Waals surface area contributed by atoms with E-state index in [2.05, 4.69) is 16.4 Å². The smallest absolute Gasteiger partial charge is 0.234 e. The number of nitriles is 1. The quantitative estimate of drug-likeness (QED) is 0.831. The molecule has 2 rings (SSSR count). The van der Waals surface area contributed by atoms with Crippen LogP contribution < -0.4 is 5.32 Å². The molecular formula is C17H17N3OS2. The molecule has 0 aliphatic rings. The number of amides is 1. The van der Waals surface area contributed by atoms with E-state index in [1.165, 1.54) is 11.8 Å². The van der Waals surface area contributed by atoms with E-state index in [0.29, 0.717) is 10.6 Å². The van der Waals surface area contributed by atoms with Crippen molar-refractivity contribution < 1.29 is 4.79 Å². The summed E-state index contributed by atoms with van der Waals surface area (Å²) in [5, 5.41) is 12.7. The third-order valence-corrected chi connectivity index (χ3v) is 4.82. The topological polar surface area (TPSA) is 65.8 Å². The third-order valence-electron chi connectivity index (χ3n) is 3.12. The second-order valence-corrected chi connectivity index (χ2v) is 6.78. The number of anilines is 1. The van der Waals surface area contributed by atoms with E-state index in [1.807, 2.05) is 50.4 Å². The normalized spacial score (nSPS) is 10.2. The van der Waals surface area contributed by atoms with Crippen LogP contribution in [0.25, 0.3) is 0 Å². The van der Waals surface area contributed by atoms with E-state index in [-0.39, 0.29) is 11.7 Å². The van der Waals surface area contributed by atoms with Crippen molar-refractivity contribution in [1.29, 1.82) is 5.26 Å². The summed E-state index contributed by atoms with van der Waals surface area (Å²) in [4.78, 5) is 17.6. The molecular weight excluding hydrogens is 326 g/mol. The van der Waals surface area contributed by atoms with E-state index in [0.717, 1.165) is 21.8 Å². The Hall–Kier alpha value is -1.97. The molecule has 0 saturated heterocycles. The highest BCUT2D eigenvalue weighted by molar-refractivity contribution is 8.00. The van der Waals surface area contributed by atoms with Crippen molar-refractivity contribution in [1.82, 2.24) is 4.98 Å². The minimum atomic E-state index is -0.113. The van der Waals surface area contributed by atoms with Gasteiger partial charge in [-0.3, -0.25) is 4.79 Å². The molecule has 0 bridgehead atoms.